The molecule has 0 fully saturated rings. The third-order valence-corrected chi connectivity index (χ3v) is 5.88. The molecule has 150 valence electrons. The average molecular weight is 450 g/mol. The van der Waals surface area contributed by atoms with Crippen molar-refractivity contribution in [1.82, 2.24) is 9.78 Å². The van der Waals surface area contributed by atoms with Gasteiger partial charge in [0.1, 0.15) is 17.3 Å². The zero-order chi connectivity index (χ0) is 20.4. The first-order valence-corrected chi connectivity index (χ1v) is 10.7. The number of methoxy groups -OCH3 is 1. The fourth-order valence-electron chi connectivity index (χ4n) is 2.96. The Morgan fingerprint density at radius 2 is 2.00 bits per heavy atom. The zero-order valence-corrected chi connectivity index (χ0v) is 17.8. The van der Waals surface area contributed by atoms with Crippen LogP contribution in [0.3, 0.4) is 0 Å². The molecule has 1 aliphatic heterocycles. The van der Waals surface area contributed by atoms with Gasteiger partial charge in [-0.15, -0.1) is 0 Å². The maximum Gasteiger partial charge on any atom is 0.263 e. The number of carbonyl (C=O) groups is 1. The van der Waals surface area contributed by atoms with Crippen molar-refractivity contribution in [2.45, 2.75) is 11.5 Å². The van der Waals surface area contributed by atoms with Crippen LogP contribution in [0.1, 0.15) is 11.3 Å². The molecule has 1 aliphatic rings. The van der Waals surface area contributed by atoms with Gasteiger partial charge in [-0.25, -0.2) is 4.68 Å². The molecule has 4 rings (SSSR count). The Morgan fingerprint density at radius 3 is 2.72 bits per heavy atom. The lowest BCUT2D eigenvalue weighted by Gasteiger charge is -2.12. The Hall–Kier alpha value is -2.35. The van der Waals surface area contributed by atoms with Gasteiger partial charge in [-0.1, -0.05) is 23.2 Å². The van der Waals surface area contributed by atoms with Crippen molar-refractivity contribution < 1.29 is 14.3 Å². The number of thioether (sulfide) groups is 1. The lowest BCUT2D eigenvalue weighted by Crippen LogP contribution is -2.22. The Bertz CT molecular complexity index is 1050. The maximum atomic E-state index is 12.6. The van der Waals surface area contributed by atoms with Gasteiger partial charge in [0.15, 0.2) is 6.61 Å². The quantitative estimate of drug-likeness (QED) is 0.576. The van der Waals surface area contributed by atoms with E-state index in [1.807, 2.05) is 24.3 Å². The Balaban J connectivity index is 1.53. The molecule has 0 bridgehead atoms. The van der Waals surface area contributed by atoms with Gasteiger partial charge >= 0.3 is 0 Å². The molecule has 6 nitrogen and oxygen atoms in total. The number of nitrogens with zero attached hydrogens (tertiary/aromatic N) is 2. The van der Waals surface area contributed by atoms with Gasteiger partial charge in [0.05, 0.1) is 23.5 Å². The molecule has 0 aliphatic carbocycles. The van der Waals surface area contributed by atoms with Crippen molar-refractivity contribution in [2.24, 2.45) is 0 Å². The molecule has 1 aromatic heterocycles. The van der Waals surface area contributed by atoms with Crippen LogP contribution in [0.25, 0.3) is 5.69 Å². The number of aromatic nitrogens is 2. The van der Waals surface area contributed by atoms with E-state index in [1.165, 1.54) is 0 Å². The fourth-order valence-corrected chi connectivity index (χ4v) is 4.45. The Morgan fingerprint density at radius 1 is 1.21 bits per heavy atom. The molecule has 3 aromatic rings. The van der Waals surface area contributed by atoms with Crippen molar-refractivity contribution in [1.29, 1.82) is 0 Å². The second kappa shape index (κ2) is 8.57. The van der Waals surface area contributed by atoms with Gasteiger partial charge in [0.2, 0.25) is 0 Å². The van der Waals surface area contributed by atoms with Crippen LogP contribution in [0, 0.1) is 0 Å². The molecule has 0 unspecified atom stereocenters. The number of ether oxygens (including phenoxy) is 2. The minimum absolute atomic E-state index is 0.183. The second-order valence-electron chi connectivity index (χ2n) is 6.29. The predicted molar refractivity (Wildman–Crippen MR) is 116 cm³/mol. The van der Waals surface area contributed by atoms with Gasteiger partial charge in [-0.05, 0) is 42.5 Å². The number of rotatable bonds is 6. The van der Waals surface area contributed by atoms with Crippen LogP contribution in [0.15, 0.2) is 42.5 Å². The highest BCUT2D eigenvalue weighted by molar-refractivity contribution is 7.98. The molecule has 9 heteroatoms. The summed E-state index contributed by atoms with van der Waals surface area (Å²) in [6.45, 7) is -0.183. The molecule has 0 radical (unpaired) electrons. The largest absolute Gasteiger partial charge is 0.497 e. The van der Waals surface area contributed by atoms with E-state index in [0.717, 1.165) is 34.2 Å². The highest BCUT2D eigenvalue weighted by Gasteiger charge is 2.25. The SMILES string of the molecule is COc1ccc(-n2nc3c(c2NC(=O)COc2ccc(Cl)cc2Cl)CSC3)cc1. The molecule has 0 saturated heterocycles. The maximum absolute atomic E-state index is 12.6. The van der Waals surface area contributed by atoms with Gasteiger partial charge < -0.3 is 14.8 Å². The van der Waals surface area contributed by atoms with E-state index in [-0.39, 0.29) is 12.5 Å². The number of carbonyl (C=O) groups excluding carboxylic acids is 1. The van der Waals surface area contributed by atoms with Crippen LogP contribution >= 0.6 is 35.0 Å². The van der Waals surface area contributed by atoms with Gasteiger partial charge in [-0.3, -0.25) is 4.79 Å². The number of hydrogen-bond donors (Lipinski definition) is 1. The molecule has 2 aromatic carbocycles. The molecular formula is C20H17Cl2N3O3S. The van der Waals surface area contributed by atoms with Crippen molar-refractivity contribution in [2.75, 3.05) is 19.0 Å². The summed E-state index contributed by atoms with van der Waals surface area (Å²) in [7, 11) is 1.62. The summed E-state index contributed by atoms with van der Waals surface area (Å²) in [5, 5.41) is 8.47. The van der Waals surface area contributed by atoms with Crippen LogP contribution < -0.4 is 14.8 Å². The van der Waals surface area contributed by atoms with Crippen LogP contribution in [0.4, 0.5) is 5.82 Å². The first kappa shape index (κ1) is 19.9. The lowest BCUT2D eigenvalue weighted by atomic mass is 10.2. The molecule has 29 heavy (non-hydrogen) atoms. The third kappa shape index (κ3) is 4.32. The molecule has 0 spiro atoms. The predicted octanol–water partition coefficient (Wildman–Crippen LogP) is 4.95. The first-order chi connectivity index (χ1) is 14.0. The highest BCUT2D eigenvalue weighted by atomic mass is 35.5. The second-order valence-corrected chi connectivity index (χ2v) is 8.12. The summed E-state index contributed by atoms with van der Waals surface area (Å²) < 4.78 is 12.5. The van der Waals surface area contributed by atoms with Crippen molar-refractivity contribution in [3.63, 3.8) is 0 Å². The molecule has 0 saturated carbocycles. The Kier molecular flexibility index (Phi) is 5.89. The zero-order valence-electron chi connectivity index (χ0n) is 15.4. The number of nitrogens with one attached hydrogen (secondary N) is 1. The fraction of sp³-hybridized carbons (Fsp3) is 0.200. The standard InChI is InChI=1S/C20H17Cl2N3O3S/c1-27-14-5-3-13(4-6-14)25-20(15-10-29-11-17(15)24-25)23-19(26)9-28-18-7-2-12(21)8-16(18)22/h2-8H,9-11H2,1H3,(H,23,26). The molecule has 2 heterocycles. The number of benzene rings is 2. The van der Waals surface area contributed by atoms with E-state index in [1.54, 1.807) is 41.8 Å². The number of hydrogen-bond acceptors (Lipinski definition) is 5. The van der Waals surface area contributed by atoms with Gasteiger partial charge in [0, 0.05) is 22.1 Å². The van der Waals surface area contributed by atoms with E-state index >= 15 is 0 Å². The lowest BCUT2D eigenvalue weighted by molar-refractivity contribution is -0.118. The smallest absolute Gasteiger partial charge is 0.263 e. The molecule has 1 amide bonds. The summed E-state index contributed by atoms with van der Waals surface area (Å²) in [5.74, 6) is 3.12. The number of anilines is 1. The normalized spacial score (nSPS) is 12.5. The third-order valence-electron chi connectivity index (χ3n) is 4.38. The summed E-state index contributed by atoms with van der Waals surface area (Å²) >= 11 is 13.7. The molecule has 0 atom stereocenters. The monoisotopic (exact) mass is 449 g/mol. The van der Waals surface area contributed by atoms with Crippen LogP contribution in [0.5, 0.6) is 11.5 Å². The van der Waals surface area contributed by atoms with Crippen molar-refractivity contribution in [3.8, 4) is 17.2 Å². The van der Waals surface area contributed by atoms with Crippen molar-refractivity contribution in [3.05, 3.63) is 63.8 Å². The number of fused-ring (bicyclic) bond motifs is 1. The summed E-state index contributed by atoms with van der Waals surface area (Å²) in [6, 6.07) is 12.4. The van der Waals surface area contributed by atoms with Crippen molar-refractivity contribution >= 4 is 46.7 Å². The van der Waals surface area contributed by atoms with E-state index in [0.29, 0.717) is 21.6 Å². The summed E-state index contributed by atoms with van der Waals surface area (Å²) in [6.07, 6.45) is 0. The van der Waals surface area contributed by atoms with E-state index in [2.05, 4.69) is 10.4 Å². The summed E-state index contributed by atoms with van der Waals surface area (Å²) in [5.41, 5.74) is 2.84. The average Bonchev–Trinajstić information content (AvgIpc) is 3.30. The number of amides is 1. The van der Waals surface area contributed by atoms with Crippen LogP contribution in [0.2, 0.25) is 10.0 Å². The van der Waals surface area contributed by atoms with E-state index < -0.39 is 0 Å². The van der Waals surface area contributed by atoms with E-state index in [4.69, 9.17) is 32.7 Å². The minimum Gasteiger partial charge on any atom is -0.497 e. The highest BCUT2D eigenvalue weighted by Crippen LogP contribution is 2.36. The van der Waals surface area contributed by atoms with E-state index in [9.17, 15) is 4.79 Å². The topological polar surface area (TPSA) is 65.4 Å². The minimum atomic E-state index is -0.301. The van der Waals surface area contributed by atoms with Crippen LogP contribution in [-0.2, 0) is 16.3 Å². The van der Waals surface area contributed by atoms with Crippen LogP contribution in [-0.4, -0.2) is 29.4 Å². The number of halogens is 2. The van der Waals surface area contributed by atoms with Gasteiger partial charge in [0.25, 0.3) is 5.91 Å². The molecular weight excluding hydrogens is 433 g/mol. The Labute approximate surface area is 182 Å². The van der Waals surface area contributed by atoms with Gasteiger partial charge in [-0.2, -0.15) is 16.9 Å². The first-order valence-electron chi connectivity index (χ1n) is 8.76. The summed E-state index contributed by atoms with van der Waals surface area (Å²) in [4.78, 5) is 12.6. The molecule has 1 N–H and O–H groups in total.